The molecule has 2 heterocycles. The molecule has 3 aromatic rings. The molecule has 0 aliphatic rings. The lowest BCUT2D eigenvalue weighted by molar-refractivity contribution is 0.172. The lowest BCUT2D eigenvalue weighted by Gasteiger charge is -2.19. The van der Waals surface area contributed by atoms with Gasteiger partial charge in [0.2, 0.25) is 5.89 Å². The van der Waals surface area contributed by atoms with E-state index < -0.39 is 0 Å². The van der Waals surface area contributed by atoms with Gasteiger partial charge in [-0.2, -0.15) is 0 Å². The minimum atomic E-state index is -0.316. The maximum Gasteiger partial charge on any atom is 0.209 e. The molecule has 0 radical (unpaired) electrons. The lowest BCUT2D eigenvalue weighted by Crippen LogP contribution is -2.26. The molecule has 5 nitrogen and oxygen atoms in total. The topological polar surface area (TPSA) is 62.4 Å². The second-order valence-electron chi connectivity index (χ2n) is 5.42. The van der Waals surface area contributed by atoms with Crippen LogP contribution in [0.3, 0.4) is 0 Å². The molecule has 0 bridgehead atoms. The first-order valence-corrected chi connectivity index (χ1v) is 7.67. The molecule has 2 aromatic heterocycles. The molecule has 0 atom stereocenters. The summed E-state index contributed by atoms with van der Waals surface area (Å²) in [5, 5.41) is 9.26. The van der Waals surface area contributed by atoms with Gasteiger partial charge < -0.3 is 9.52 Å². The van der Waals surface area contributed by atoms with E-state index in [1.54, 1.807) is 30.7 Å². The number of aliphatic hydroxyl groups excluding tert-OH is 1. The van der Waals surface area contributed by atoms with Crippen LogP contribution < -0.4 is 0 Å². The first kappa shape index (κ1) is 16.3. The van der Waals surface area contributed by atoms with E-state index in [0.717, 1.165) is 5.56 Å². The molecule has 1 aromatic carbocycles. The third-order valence-corrected chi connectivity index (χ3v) is 3.57. The largest absolute Gasteiger partial charge is 0.439 e. The Kier molecular flexibility index (Phi) is 5.30. The van der Waals surface area contributed by atoms with E-state index in [1.807, 2.05) is 17.0 Å². The molecule has 0 fully saturated rings. The van der Waals surface area contributed by atoms with E-state index in [-0.39, 0.29) is 12.4 Å². The zero-order valence-corrected chi connectivity index (χ0v) is 13.1. The Labute approximate surface area is 139 Å². The first-order valence-electron chi connectivity index (χ1n) is 7.67. The molecule has 124 valence electrons. The smallest absolute Gasteiger partial charge is 0.209 e. The fraction of sp³-hybridized carbons (Fsp3) is 0.222. The van der Waals surface area contributed by atoms with Crippen LogP contribution in [-0.2, 0) is 13.1 Å². The highest BCUT2D eigenvalue weighted by Gasteiger charge is 2.12. The summed E-state index contributed by atoms with van der Waals surface area (Å²) in [6, 6.07) is 10.1. The van der Waals surface area contributed by atoms with Crippen LogP contribution in [0.1, 0.15) is 11.5 Å². The van der Waals surface area contributed by atoms with Crippen molar-refractivity contribution in [2.75, 3.05) is 13.2 Å². The Hall–Kier alpha value is -2.57. The summed E-state index contributed by atoms with van der Waals surface area (Å²) in [7, 11) is 0. The first-order chi connectivity index (χ1) is 11.7. The molecule has 0 aliphatic heterocycles. The number of aliphatic hydroxyl groups is 1. The predicted molar refractivity (Wildman–Crippen MR) is 87.3 cm³/mol. The Morgan fingerprint density at radius 2 is 2.04 bits per heavy atom. The number of nitrogens with zero attached hydrogens (tertiary/aromatic N) is 3. The highest BCUT2D eigenvalue weighted by atomic mass is 19.1. The Bertz CT molecular complexity index is 777. The average molecular weight is 327 g/mol. The normalized spacial score (nSPS) is 11.1. The van der Waals surface area contributed by atoms with Gasteiger partial charge >= 0.3 is 0 Å². The fourth-order valence-electron chi connectivity index (χ4n) is 2.46. The van der Waals surface area contributed by atoms with Crippen molar-refractivity contribution in [3.05, 3.63) is 72.3 Å². The van der Waals surface area contributed by atoms with Gasteiger partial charge in [-0.15, -0.1) is 0 Å². The van der Waals surface area contributed by atoms with Crippen molar-refractivity contribution in [2.45, 2.75) is 13.1 Å². The zero-order chi connectivity index (χ0) is 16.8. The molecule has 1 N–H and O–H groups in total. The van der Waals surface area contributed by atoms with Crippen molar-refractivity contribution in [3.63, 3.8) is 0 Å². The average Bonchev–Trinajstić information content (AvgIpc) is 3.04. The van der Waals surface area contributed by atoms with Gasteiger partial charge in [0.1, 0.15) is 5.82 Å². The van der Waals surface area contributed by atoms with E-state index >= 15 is 0 Å². The van der Waals surface area contributed by atoms with Gasteiger partial charge in [-0.1, -0.05) is 18.2 Å². The number of oxazole rings is 1. The molecule has 3 rings (SSSR count). The third kappa shape index (κ3) is 4.24. The number of benzene rings is 1. The molecule has 0 aliphatic carbocycles. The van der Waals surface area contributed by atoms with Crippen LogP contribution in [0.5, 0.6) is 0 Å². The number of hydrogen-bond donors (Lipinski definition) is 1. The summed E-state index contributed by atoms with van der Waals surface area (Å²) in [5.41, 5.74) is 1.69. The number of rotatable bonds is 7. The van der Waals surface area contributed by atoms with Gasteiger partial charge in [0, 0.05) is 31.0 Å². The zero-order valence-electron chi connectivity index (χ0n) is 13.1. The number of pyridine rings is 1. The van der Waals surface area contributed by atoms with Crippen molar-refractivity contribution < 1.29 is 13.9 Å². The van der Waals surface area contributed by atoms with E-state index in [9.17, 15) is 9.50 Å². The van der Waals surface area contributed by atoms with Gasteiger partial charge in [0.25, 0.3) is 0 Å². The molecular weight excluding hydrogens is 309 g/mol. The van der Waals surface area contributed by atoms with Crippen LogP contribution in [0.25, 0.3) is 11.3 Å². The summed E-state index contributed by atoms with van der Waals surface area (Å²) in [4.78, 5) is 10.4. The van der Waals surface area contributed by atoms with Gasteiger partial charge in [0.05, 0.1) is 19.3 Å². The van der Waals surface area contributed by atoms with Gasteiger partial charge in [-0.05, 0) is 23.8 Å². The molecule has 6 heteroatoms. The summed E-state index contributed by atoms with van der Waals surface area (Å²) in [5.74, 6) is 0.727. The van der Waals surface area contributed by atoms with E-state index in [2.05, 4.69) is 9.97 Å². The summed E-state index contributed by atoms with van der Waals surface area (Å²) in [6.07, 6.45) is 5.10. The molecule has 0 amide bonds. The third-order valence-electron chi connectivity index (χ3n) is 3.57. The van der Waals surface area contributed by atoms with Gasteiger partial charge in [0.15, 0.2) is 5.76 Å². The molecule has 0 saturated heterocycles. The van der Waals surface area contributed by atoms with Crippen LogP contribution in [0.15, 0.2) is 59.4 Å². The van der Waals surface area contributed by atoms with E-state index in [4.69, 9.17) is 4.42 Å². The van der Waals surface area contributed by atoms with Gasteiger partial charge in [-0.25, -0.2) is 9.37 Å². The highest BCUT2D eigenvalue weighted by molar-refractivity contribution is 5.56. The van der Waals surface area contributed by atoms with E-state index in [1.165, 1.54) is 12.1 Å². The van der Waals surface area contributed by atoms with Crippen LogP contribution in [0, 0.1) is 5.82 Å². The summed E-state index contributed by atoms with van der Waals surface area (Å²) in [6.45, 7) is 1.61. The maximum absolute atomic E-state index is 13.3. The molecule has 24 heavy (non-hydrogen) atoms. The van der Waals surface area contributed by atoms with Crippen molar-refractivity contribution in [1.82, 2.24) is 14.9 Å². The molecular formula is C18H18FN3O2. The van der Waals surface area contributed by atoms with Crippen LogP contribution in [-0.4, -0.2) is 33.1 Å². The maximum atomic E-state index is 13.3. The standard InChI is InChI=1S/C18H18FN3O2/c19-16-5-1-4-15(9-16)17-11-21-18(24-17)13-22(7-8-23)12-14-3-2-6-20-10-14/h1-6,9-11,23H,7-8,12-13H2. The Morgan fingerprint density at radius 1 is 1.12 bits per heavy atom. The number of hydrogen-bond acceptors (Lipinski definition) is 5. The number of halogens is 1. The van der Waals surface area contributed by atoms with Crippen molar-refractivity contribution in [3.8, 4) is 11.3 Å². The predicted octanol–water partition coefficient (Wildman–Crippen LogP) is 2.87. The quantitative estimate of drug-likeness (QED) is 0.723. The summed E-state index contributed by atoms with van der Waals surface area (Å²) < 4.78 is 19.0. The minimum absolute atomic E-state index is 0.0394. The Balaban J connectivity index is 1.71. The van der Waals surface area contributed by atoms with Gasteiger partial charge in [-0.3, -0.25) is 9.88 Å². The molecule has 0 saturated carbocycles. The molecule has 0 unspecified atom stereocenters. The van der Waals surface area contributed by atoms with Crippen molar-refractivity contribution in [2.24, 2.45) is 0 Å². The lowest BCUT2D eigenvalue weighted by atomic mass is 10.2. The minimum Gasteiger partial charge on any atom is -0.439 e. The fourth-order valence-corrected chi connectivity index (χ4v) is 2.46. The van der Waals surface area contributed by atoms with Crippen LogP contribution in [0.2, 0.25) is 0 Å². The number of aromatic nitrogens is 2. The van der Waals surface area contributed by atoms with Crippen LogP contribution >= 0.6 is 0 Å². The van der Waals surface area contributed by atoms with Crippen molar-refractivity contribution in [1.29, 1.82) is 0 Å². The highest BCUT2D eigenvalue weighted by Crippen LogP contribution is 2.22. The van der Waals surface area contributed by atoms with Crippen LogP contribution in [0.4, 0.5) is 4.39 Å². The second kappa shape index (κ2) is 7.81. The monoisotopic (exact) mass is 327 g/mol. The SMILES string of the molecule is OCCN(Cc1cccnc1)Cc1ncc(-c2cccc(F)c2)o1. The summed E-state index contributed by atoms with van der Waals surface area (Å²) >= 11 is 0. The molecule has 0 spiro atoms. The van der Waals surface area contributed by atoms with Crippen molar-refractivity contribution >= 4 is 0 Å². The van der Waals surface area contributed by atoms with E-state index in [0.29, 0.717) is 36.8 Å². The Morgan fingerprint density at radius 3 is 2.79 bits per heavy atom. The second-order valence-corrected chi connectivity index (χ2v) is 5.42.